The number of hydrogen-bond acceptors (Lipinski definition) is 6. The SMILES string of the molecule is C=CC(=O)OCC(COc1c(C)cccc1CCC)OC(=O)C1CC=CCC1C(=O)O. The molecule has 0 heterocycles. The van der Waals surface area contributed by atoms with E-state index < -0.39 is 35.8 Å². The summed E-state index contributed by atoms with van der Waals surface area (Å²) in [6, 6.07) is 5.87. The van der Waals surface area contributed by atoms with Gasteiger partial charge in [0.05, 0.1) is 11.8 Å². The van der Waals surface area contributed by atoms with Crippen LogP contribution in [0.3, 0.4) is 0 Å². The lowest BCUT2D eigenvalue weighted by atomic mass is 9.83. The third-order valence-corrected chi connectivity index (χ3v) is 5.14. The molecule has 0 amide bonds. The van der Waals surface area contributed by atoms with Crippen LogP contribution in [0.25, 0.3) is 0 Å². The first-order valence-corrected chi connectivity index (χ1v) is 10.5. The third kappa shape index (κ3) is 6.98. The van der Waals surface area contributed by atoms with Crippen LogP contribution in [0.2, 0.25) is 0 Å². The fourth-order valence-electron chi connectivity index (χ4n) is 3.51. The molecule has 1 N–H and O–H groups in total. The third-order valence-electron chi connectivity index (χ3n) is 5.14. The number of para-hydroxylation sites is 1. The summed E-state index contributed by atoms with van der Waals surface area (Å²) in [5, 5.41) is 9.42. The highest BCUT2D eigenvalue weighted by Gasteiger charge is 2.36. The Morgan fingerprint density at radius 3 is 2.55 bits per heavy atom. The van der Waals surface area contributed by atoms with E-state index in [1.54, 1.807) is 12.2 Å². The summed E-state index contributed by atoms with van der Waals surface area (Å²) in [6.45, 7) is 7.11. The van der Waals surface area contributed by atoms with Crippen LogP contribution in [0.5, 0.6) is 5.75 Å². The van der Waals surface area contributed by atoms with Gasteiger partial charge in [0.15, 0.2) is 6.10 Å². The predicted molar refractivity (Wildman–Crippen MR) is 115 cm³/mol. The lowest BCUT2D eigenvalue weighted by Crippen LogP contribution is -2.37. The number of ether oxygens (including phenoxy) is 3. The van der Waals surface area contributed by atoms with Crippen LogP contribution < -0.4 is 4.74 Å². The Kier molecular flexibility index (Phi) is 9.31. The number of esters is 2. The van der Waals surface area contributed by atoms with E-state index in [4.69, 9.17) is 14.2 Å². The second-order valence-electron chi connectivity index (χ2n) is 7.51. The minimum atomic E-state index is -1.04. The molecule has 2 rings (SSSR count). The van der Waals surface area contributed by atoms with Crippen molar-refractivity contribution in [1.29, 1.82) is 0 Å². The van der Waals surface area contributed by atoms with Crippen molar-refractivity contribution in [1.82, 2.24) is 0 Å². The number of rotatable bonds is 11. The molecule has 3 unspecified atom stereocenters. The van der Waals surface area contributed by atoms with Crippen LogP contribution >= 0.6 is 0 Å². The first-order valence-electron chi connectivity index (χ1n) is 10.5. The van der Waals surface area contributed by atoms with Gasteiger partial charge in [0.25, 0.3) is 0 Å². The molecule has 0 radical (unpaired) electrons. The van der Waals surface area contributed by atoms with Gasteiger partial charge in [0.1, 0.15) is 19.0 Å². The van der Waals surface area contributed by atoms with Crippen molar-refractivity contribution in [3.8, 4) is 5.75 Å². The van der Waals surface area contributed by atoms with Gasteiger partial charge in [0.2, 0.25) is 0 Å². The first-order chi connectivity index (χ1) is 14.9. The van der Waals surface area contributed by atoms with Crippen LogP contribution in [-0.4, -0.2) is 42.3 Å². The summed E-state index contributed by atoms with van der Waals surface area (Å²) in [7, 11) is 0. The first kappa shape index (κ1) is 24.2. The average Bonchev–Trinajstić information content (AvgIpc) is 2.76. The van der Waals surface area contributed by atoms with Gasteiger partial charge in [-0.2, -0.15) is 0 Å². The van der Waals surface area contributed by atoms with Crippen LogP contribution in [0, 0.1) is 18.8 Å². The minimum Gasteiger partial charge on any atom is -0.489 e. The zero-order valence-electron chi connectivity index (χ0n) is 18.0. The van der Waals surface area contributed by atoms with Gasteiger partial charge < -0.3 is 19.3 Å². The highest BCUT2D eigenvalue weighted by Crippen LogP contribution is 2.28. The summed E-state index contributed by atoms with van der Waals surface area (Å²) in [5.41, 5.74) is 1.99. The number of carboxylic acid groups (broad SMARTS) is 1. The van der Waals surface area contributed by atoms with Gasteiger partial charge in [-0.15, -0.1) is 0 Å². The number of carboxylic acids is 1. The van der Waals surface area contributed by atoms with Gasteiger partial charge in [-0.1, -0.05) is 50.3 Å². The van der Waals surface area contributed by atoms with E-state index in [1.165, 1.54) is 0 Å². The molecule has 0 saturated heterocycles. The smallest absolute Gasteiger partial charge is 0.330 e. The zero-order chi connectivity index (χ0) is 22.8. The van der Waals surface area contributed by atoms with Crippen LogP contribution in [0.1, 0.15) is 37.3 Å². The van der Waals surface area contributed by atoms with Gasteiger partial charge in [0, 0.05) is 6.08 Å². The minimum absolute atomic E-state index is 0.0297. The molecule has 7 nitrogen and oxygen atoms in total. The number of carbonyl (C=O) groups is 3. The molecule has 0 saturated carbocycles. The topological polar surface area (TPSA) is 99.1 Å². The lowest BCUT2D eigenvalue weighted by Gasteiger charge is -2.26. The molecule has 7 heteroatoms. The summed E-state index contributed by atoms with van der Waals surface area (Å²) >= 11 is 0. The summed E-state index contributed by atoms with van der Waals surface area (Å²) < 4.78 is 16.6. The molecule has 1 aliphatic rings. The molecule has 3 atom stereocenters. The van der Waals surface area contributed by atoms with Gasteiger partial charge in [-0.05, 0) is 37.3 Å². The largest absolute Gasteiger partial charge is 0.489 e. The number of allylic oxidation sites excluding steroid dienone is 2. The zero-order valence-corrected chi connectivity index (χ0v) is 18.0. The Balaban J connectivity index is 2.13. The van der Waals surface area contributed by atoms with Crippen molar-refractivity contribution in [3.05, 3.63) is 54.1 Å². The van der Waals surface area contributed by atoms with Gasteiger partial charge >= 0.3 is 17.9 Å². The molecule has 1 aromatic rings. The fourth-order valence-corrected chi connectivity index (χ4v) is 3.51. The van der Waals surface area contributed by atoms with Gasteiger partial charge in [-0.25, -0.2) is 4.79 Å². The second kappa shape index (κ2) is 11.9. The van der Waals surface area contributed by atoms with E-state index in [9.17, 15) is 19.5 Å². The fraction of sp³-hybridized carbons (Fsp3) is 0.458. The normalized spacial score (nSPS) is 18.6. The monoisotopic (exact) mass is 430 g/mol. The van der Waals surface area contributed by atoms with Crippen molar-refractivity contribution >= 4 is 17.9 Å². The van der Waals surface area contributed by atoms with Crippen molar-refractivity contribution in [2.75, 3.05) is 13.2 Å². The lowest BCUT2D eigenvalue weighted by molar-refractivity contribution is -0.167. The summed E-state index contributed by atoms with van der Waals surface area (Å²) in [4.78, 5) is 35.8. The van der Waals surface area contributed by atoms with Crippen molar-refractivity contribution < 1.29 is 33.7 Å². The van der Waals surface area contributed by atoms with Crippen molar-refractivity contribution in [2.45, 2.75) is 45.6 Å². The Hall–Kier alpha value is -3.09. The van der Waals surface area contributed by atoms with E-state index in [0.717, 1.165) is 30.0 Å². The Bertz CT molecular complexity index is 827. The van der Waals surface area contributed by atoms with E-state index in [0.29, 0.717) is 5.75 Å². The summed E-state index contributed by atoms with van der Waals surface area (Å²) in [6.07, 6.45) is 6.00. The highest BCUT2D eigenvalue weighted by molar-refractivity contribution is 5.82. The van der Waals surface area contributed by atoms with Crippen LogP contribution in [0.15, 0.2) is 43.0 Å². The molecule has 1 aliphatic carbocycles. The van der Waals surface area contributed by atoms with Crippen molar-refractivity contribution in [3.63, 3.8) is 0 Å². The number of aryl methyl sites for hydroxylation is 2. The van der Waals surface area contributed by atoms with E-state index in [2.05, 4.69) is 13.5 Å². The maximum atomic E-state index is 12.7. The number of benzene rings is 1. The maximum absolute atomic E-state index is 12.7. The van der Waals surface area contributed by atoms with E-state index in [1.807, 2.05) is 25.1 Å². The number of aliphatic carboxylic acids is 1. The number of hydrogen-bond donors (Lipinski definition) is 1. The van der Waals surface area contributed by atoms with Crippen LogP contribution in [-0.2, 0) is 30.3 Å². The molecule has 31 heavy (non-hydrogen) atoms. The molecular formula is C24H30O7. The molecule has 0 spiro atoms. The Morgan fingerprint density at radius 2 is 1.90 bits per heavy atom. The predicted octanol–water partition coefficient (Wildman–Crippen LogP) is 3.63. The molecule has 1 aromatic carbocycles. The molecule has 0 fully saturated rings. The molecule has 0 bridgehead atoms. The molecule has 0 aromatic heterocycles. The standard InChI is InChI=1S/C24H30O7/c1-4-9-17-11-8-10-16(3)22(17)30-15-18(14-29-21(25)5-2)31-24(28)20-13-7-6-12-19(20)23(26)27/h5-8,10-11,18-20H,2,4,9,12-15H2,1,3H3,(H,26,27). The highest BCUT2D eigenvalue weighted by atomic mass is 16.6. The molecule has 0 aliphatic heterocycles. The van der Waals surface area contributed by atoms with Crippen molar-refractivity contribution in [2.24, 2.45) is 11.8 Å². The van der Waals surface area contributed by atoms with E-state index in [-0.39, 0.29) is 26.1 Å². The van der Waals surface area contributed by atoms with Crippen LogP contribution in [0.4, 0.5) is 0 Å². The summed E-state index contributed by atoms with van der Waals surface area (Å²) in [5.74, 6) is -3.26. The molecular weight excluding hydrogens is 400 g/mol. The van der Waals surface area contributed by atoms with E-state index >= 15 is 0 Å². The maximum Gasteiger partial charge on any atom is 0.330 e. The second-order valence-corrected chi connectivity index (χ2v) is 7.51. The Morgan fingerprint density at radius 1 is 1.19 bits per heavy atom. The average molecular weight is 430 g/mol. The Labute approximate surface area is 182 Å². The number of carbonyl (C=O) groups excluding carboxylic acids is 2. The van der Waals surface area contributed by atoms with Gasteiger partial charge in [-0.3, -0.25) is 9.59 Å². The molecule has 168 valence electrons. The quantitative estimate of drug-likeness (QED) is 0.325.